The zero-order valence-electron chi connectivity index (χ0n) is 15.2. The van der Waals surface area contributed by atoms with Crippen LogP contribution in [0.3, 0.4) is 0 Å². The molecule has 1 saturated heterocycles. The number of aryl methyl sites for hydroxylation is 2. The molecule has 2 atom stereocenters. The first-order valence-corrected chi connectivity index (χ1v) is 10.1. The van der Waals surface area contributed by atoms with Gasteiger partial charge in [0.2, 0.25) is 15.9 Å². The molecule has 1 fully saturated rings. The van der Waals surface area contributed by atoms with Gasteiger partial charge in [-0.2, -0.15) is 4.31 Å². The zero-order chi connectivity index (χ0) is 19.6. The number of hydrogen-bond donors (Lipinski definition) is 1. The summed E-state index contributed by atoms with van der Waals surface area (Å²) in [5.41, 5.74) is 1.17. The molecule has 7 nitrogen and oxygen atoms in total. The third kappa shape index (κ3) is 4.02. The summed E-state index contributed by atoms with van der Waals surface area (Å²) in [5.74, 6) is -1.10. The van der Waals surface area contributed by atoms with Crippen LogP contribution in [-0.4, -0.2) is 50.3 Å². The van der Waals surface area contributed by atoms with Crippen LogP contribution in [0.2, 0.25) is 5.02 Å². The smallest absolute Gasteiger partial charge is 0.328 e. The van der Waals surface area contributed by atoms with E-state index in [9.17, 15) is 18.0 Å². The topological polar surface area (TPSA) is 92.8 Å². The van der Waals surface area contributed by atoms with Gasteiger partial charge in [-0.05, 0) is 56.9 Å². The molecule has 1 aromatic carbocycles. The number of nitrogens with zero attached hydrogens (tertiary/aromatic N) is 1. The Balaban J connectivity index is 2.30. The second-order valence-corrected chi connectivity index (χ2v) is 8.66. The van der Waals surface area contributed by atoms with Crippen LogP contribution in [-0.2, 0) is 24.3 Å². The Hall–Kier alpha value is -1.64. The molecule has 9 heteroatoms. The third-order valence-corrected chi connectivity index (χ3v) is 6.92. The summed E-state index contributed by atoms with van der Waals surface area (Å²) < 4.78 is 32.0. The summed E-state index contributed by atoms with van der Waals surface area (Å²) in [6.45, 7) is 5.13. The molecule has 2 unspecified atom stereocenters. The fourth-order valence-electron chi connectivity index (χ4n) is 2.99. The first kappa shape index (κ1) is 20.7. The number of rotatable bonds is 5. The van der Waals surface area contributed by atoms with E-state index in [1.165, 1.54) is 24.4 Å². The third-order valence-electron chi connectivity index (χ3n) is 4.46. The second kappa shape index (κ2) is 7.94. The molecule has 1 amide bonds. The summed E-state index contributed by atoms with van der Waals surface area (Å²) in [6, 6.07) is 1.42. The van der Waals surface area contributed by atoms with Crippen LogP contribution in [0.5, 0.6) is 0 Å². The highest BCUT2D eigenvalue weighted by molar-refractivity contribution is 7.89. The Morgan fingerprint density at radius 3 is 2.58 bits per heavy atom. The first-order chi connectivity index (χ1) is 12.1. The van der Waals surface area contributed by atoms with Gasteiger partial charge in [0.15, 0.2) is 0 Å². The first-order valence-electron chi connectivity index (χ1n) is 8.26. The van der Waals surface area contributed by atoms with E-state index in [0.29, 0.717) is 29.0 Å². The second-order valence-electron chi connectivity index (χ2n) is 6.39. The van der Waals surface area contributed by atoms with Gasteiger partial charge in [0.1, 0.15) is 12.1 Å². The molecule has 1 heterocycles. The Labute approximate surface area is 158 Å². The monoisotopic (exact) mass is 402 g/mol. The lowest BCUT2D eigenvalue weighted by Gasteiger charge is -2.25. The molecule has 0 aromatic heterocycles. The van der Waals surface area contributed by atoms with Crippen molar-refractivity contribution < 1.29 is 22.7 Å². The van der Waals surface area contributed by atoms with Crippen LogP contribution in [0.15, 0.2) is 17.0 Å². The van der Waals surface area contributed by atoms with Crippen molar-refractivity contribution in [1.82, 2.24) is 9.62 Å². The minimum Gasteiger partial charge on any atom is -0.467 e. The fraction of sp³-hybridized carbons (Fsp3) is 0.529. The Bertz CT molecular complexity index is 825. The number of nitrogens with one attached hydrogen (secondary N) is 1. The van der Waals surface area contributed by atoms with E-state index >= 15 is 0 Å². The van der Waals surface area contributed by atoms with Crippen molar-refractivity contribution in [1.29, 1.82) is 0 Å². The SMILES string of the molecule is COC(=O)C(C)NC(=O)C1CCCN1S(=O)(=O)c1cc(C)c(Cl)cc1C. The highest BCUT2D eigenvalue weighted by atomic mass is 35.5. The number of amides is 1. The molecule has 2 rings (SSSR count). The van der Waals surface area contributed by atoms with Crippen molar-refractivity contribution in [3.8, 4) is 0 Å². The number of esters is 1. The lowest BCUT2D eigenvalue weighted by atomic mass is 10.2. The quantitative estimate of drug-likeness (QED) is 0.758. The minimum absolute atomic E-state index is 0.139. The fourth-order valence-corrected chi connectivity index (χ4v) is 5.16. The van der Waals surface area contributed by atoms with Gasteiger partial charge in [-0.15, -0.1) is 0 Å². The van der Waals surface area contributed by atoms with Crippen molar-refractivity contribution in [2.75, 3.05) is 13.7 Å². The summed E-state index contributed by atoms with van der Waals surface area (Å²) in [7, 11) is -2.64. The van der Waals surface area contributed by atoms with E-state index in [2.05, 4.69) is 10.1 Å². The number of carbonyl (C=O) groups is 2. The highest BCUT2D eigenvalue weighted by Crippen LogP contribution is 2.30. The van der Waals surface area contributed by atoms with Gasteiger partial charge in [0.25, 0.3) is 0 Å². The summed E-state index contributed by atoms with van der Waals surface area (Å²) in [6.07, 6.45) is 0.958. The highest BCUT2D eigenvalue weighted by Gasteiger charge is 2.40. The van der Waals surface area contributed by atoms with Gasteiger partial charge < -0.3 is 10.1 Å². The number of ether oxygens (including phenoxy) is 1. The van der Waals surface area contributed by atoms with Crippen LogP contribution >= 0.6 is 11.6 Å². The number of halogens is 1. The molecule has 0 bridgehead atoms. The average Bonchev–Trinajstić information content (AvgIpc) is 3.07. The lowest BCUT2D eigenvalue weighted by molar-refractivity contribution is -0.144. The van der Waals surface area contributed by atoms with Crippen molar-refractivity contribution in [2.45, 2.75) is 50.6 Å². The van der Waals surface area contributed by atoms with E-state index in [-0.39, 0.29) is 11.4 Å². The lowest BCUT2D eigenvalue weighted by Crippen LogP contribution is -2.50. The largest absolute Gasteiger partial charge is 0.467 e. The molecule has 0 spiro atoms. The predicted molar refractivity (Wildman–Crippen MR) is 97.5 cm³/mol. The van der Waals surface area contributed by atoms with E-state index < -0.39 is 34.0 Å². The Morgan fingerprint density at radius 2 is 1.96 bits per heavy atom. The van der Waals surface area contributed by atoms with Crippen LogP contribution in [0.4, 0.5) is 0 Å². The summed E-state index contributed by atoms with van der Waals surface area (Å²) in [4.78, 5) is 24.2. The molecule has 26 heavy (non-hydrogen) atoms. The van der Waals surface area contributed by atoms with E-state index in [1.807, 2.05) is 0 Å². The van der Waals surface area contributed by atoms with Gasteiger partial charge in [0, 0.05) is 11.6 Å². The molecular formula is C17H23ClN2O5S. The summed E-state index contributed by atoms with van der Waals surface area (Å²) >= 11 is 6.06. The van der Waals surface area contributed by atoms with Crippen LogP contribution < -0.4 is 5.32 Å². The minimum atomic E-state index is -3.87. The molecule has 1 aliphatic heterocycles. The molecule has 1 N–H and O–H groups in total. The van der Waals surface area contributed by atoms with Gasteiger partial charge in [0.05, 0.1) is 12.0 Å². The normalized spacial score (nSPS) is 19.2. The van der Waals surface area contributed by atoms with Crippen molar-refractivity contribution in [3.63, 3.8) is 0 Å². The molecule has 1 aliphatic rings. The van der Waals surface area contributed by atoms with Crippen LogP contribution in [0.1, 0.15) is 30.9 Å². The molecule has 1 aromatic rings. The number of methoxy groups -OCH3 is 1. The van der Waals surface area contributed by atoms with Crippen LogP contribution in [0.25, 0.3) is 0 Å². The average molecular weight is 403 g/mol. The van der Waals surface area contributed by atoms with E-state index in [1.54, 1.807) is 19.9 Å². The van der Waals surface area contributed by atoms with Gasteiger partial charge in [-0.25, -0.2) is 13.2 Å². The number of benzene rings is 1. The molecule has 0 saturated carbocycles. The van der Waals surface area contributed by atoms with Crippen molar-refractivity contribution >= 4 is 33.5 Å². The maximum atomic E-state index is 13.1. The molecule has 0 aliphatic carbocycles. The van der Waals surface area contributed by atoms with E-state index in [4.69, 9.17) is 11.6 Å². The van der Waals surface area contributed by atoms with Crippen molar-refractivity contribution in [3.05, 3.63) is 28.3 Å². The van der Waals surface area contributed by atoms with Gasteiger partial charge in [-0.1, -0.05) is 11.6 Å². The van der Waals surface area contributed by atoms with Crippen LogP contribution in [0, 0.1) is 13.8 Å². The van der Waals surface area contributed by atoms with Gasteiger partial charge >= 0.3 is 5.97 Å². The standard InChI is InChI=1S/C17H23ClN2O5S/c1-10-9-15(11(2)8-13(10)18)26(23,24)20-7-5-6-14(20)16(21)19-12(3)17(22)25-4/h8-9,12,14H,5-7H2,1-4H3,(H,19,21). The molecule has 0 radical (unpaired) electrons. The maximum Gasteiger partial charge on any atom is 0.328 e. The van der Waals surface area contributed by atoms with Gasteiger partial charge in [-0.3, -0.25) is 4.79 Å². The van der Waals surface area contributed by atoms with E-state index in [0.717, 1.165) is 0 Å². The zero-order valence-corrected chi connectivity index (χ0v) is 16.8. The maximum absolute atomic E-state index is 13.1. The van der Waals surface area contributed by atoms with Crippen molar-refractivity contribution in [2.24, 2.45) is 0 Å². The number of carbonyl (C=O) groups excluding carboxylic acids is 2. The number of sulfonamides is 1. The molecular weight excluding hydrogens is 380 g/mol. The number of hydrogen-bond acceptors (Lipinski definition) is 5. The molecule has 144 valence electrons. The summed E-state index contributed by atoms with van der Waals surface area (Å²) in [5, 5.41) is 3.01. The Morgan fingerprint density at radius 1 is 1.31 bits per heavy atom. The Kier molecular flexibility index (Phi) is 6.31. The predicted octanol–water partition coefficient (Wildman–Crippen LogP) is 1.79.